The summed E-state index contributed by atoms with van der Waals surface area (Å²) < 4.78 is 50.7. The lowest BCUT2D eigenvalue weighted by molar-refractivity contribution is -0.137. The predicted molar refractivity (Wildman–Crippen MR) is 136 cm³/mol. The first kappa shape index (κ1) is 25.2. The minimum atomic E-state index is -4.53. The molecule has 1 aliphatic carbocycles. The van der Waals surface area contributed by atoms with Gasteiger partial charge in [0.1, 0.15) is 11.9 Å². The van der Waals surface area contributed by atoms with Gasteiger partial charge in [-0.15, -0.1) is 11.3 Å². The quantitative estimate of drug-likeness (QED) is 0.412. The molecule has 0 radical (unpaired) electrons. The van der Waals surface area contributed by atoms with Gasteiger partial charge in [-0.25, -0.2) is 4.79 Å². The molecular formula is C26H25F3N4O3S. The second kappa shape index (κ2) is 9.46. The van der Waals surface area contributed by atoms with E-state index in [1.165, 1.54) is 34.4 Å². The number of nitrogens with zero attached hydrogens (tertiary/aromatic N) is 3. The van der Waals surface area contributed by atoms with Gasteiger partial charge >= 0.3 is 11.9 Å². The Morgan fingerprint density at radius 1 is 1.16 bits per heavy atom. The van der Waals surface area contributed by atoms with Crippen molar-refractivity contribution in [2.45, 2.75) is 51.1 Å². The highest BCUT2D eigenvalue weighted by atomic mass is 32.1. The molecular weight excluding hydrogens is 505 g/mol. The molecule has 1 saturated carbocycles. The number of nitrogens with two attached hydrogens (primary N) is 1. The molecule has 0 saturated heterocycles. The van der Waals surface area contributed by atoms with Crippen LogP contribution in [0.1, 0.15) is 35.3 Å². The number of hydrogen-bond donors (Lipinski definition) is 1. The standard InChI is InChI=1S/C26H25F3N4O3S/c1-14-9-15(26(27,28)29)10-20(23(14)36-17-4-3-16(30)11-17)19-5-7-31-21-12-18(37-24(19)21)13-33-22(34)6-8-32(2)25(33)35/h5-10,12,16-17H,3-4,11,13,30H2,1-2H3/t16-,17-/m1/s1. The molecule has 0 spiro atoms. The van der Waals surface area contributed by atoms with Crippen molar-refractivity contribution in [1.29, 1.82) is 0 Å². The molecule has 3 aromatic heterocycles. The number of fused-ring (bicyclic) bond motifs is 1. The lowest BCUT2D eigenvalue weighted by Crippen LogP contribution is -2.37. The topological polar surface area (TPSA) is 92.1 Å². The van der Waals surface area contributed by atoms with Crippen LogP contribution in [-0.4, -0.2) is 26.3 Å². The van der Waals surface area contributed by atoms with Crippen molar-refractivity contribution in [2.75, 3.05) is 0 Å². The van der Waals surface area contributed by atoms with Gasteiger partial charge in [-0.3, -0.25) is 14.3 Å². The van der Waals surface area contributed by atoms with Crippen molar-refractivity contribution in [2.24, 2.45) is 12.8 Å². The smallest absolute Gasteiger partial charge is 0.416 e. The van der Waals surface area contributed by atoms with E-state index in [1.54, 1.807) is 26.1 Å². The molecule has 194 valence electrons. The minimum Gasteiger partial charge on any atom is -0.489 e. The van der Waals surface area contributed by atoms with Crippen LogP contribution >= 0.6 is 11.3 Å². The Morgan fingerprint density at radius 3 is 2.65 bits per heavy atom. The van der Waals surface area contributed by atoms with Gasteiger partial charge in [0, 0.05) is 47.6 Å². The van der Waals surface area contributed by atoms with Gasteiger partial charge in [-0.05, 0) is 56.0 Å². The lowest BCUT2D eigenvalue weighted by Gasteiger charge is -2.21. The zero-order valence-electron chi connectivity index (χ0n) is 20.2. The largest absolute Gasteiger partial charge is 0.489 e. The van der Waals surface area contributed by atoms with E-state index in [-0.39, 0.29) is 18.7 Å². The SMILES string of the molecule is Cc1cc(C(F)(F)F)cc(-c2ccnc3cc(Cn4c(=O)ccn(C)c4=O)sc23)c1O[C@@H]1CC[C@@H](N)C1. The number of pyridine rings is 1. The molecule has 1 fully saturated rings. The molecule has 4 aromatic rings. The van der Waals surface area contributed by atoms with Crippen molar-refractivity contribution in [3.63, 3.8) is 0 Å². The third-order valence-electron chi connectivity index (χ3n) is 6.62. The monoisotopic (exact) mass is 530 g/mol. The number of rotatable bonds is 5. The van der Waals surface area contributed by atoms with Crippen LogP contribution < -0.4 is 21.7 Å². The van der Waals surface area contributed by atoms with E-state index in [9.17, 15) is 22.8 Å². The molecule has 3 heterocycles. The summed E-state index contributed by atoms with van der Waals surface area (Å²) in [5.74, 6) is 0.391. The van der Waals surface area contributed by atoms with Gasteiger partial charge < -0.3 is 15.0 Å². The molecule has 2 N–H and O–H groups in total. The van der Waals surface area contributed by atoms with Crippen LogP contribution in [0.2, 0.25) is 0 Å². The summed E-state index contributed by atoms with van der Waals surface area (Å²) in [6.07, 6.45) is 0.391. The Bertz CT molecular complexity index is 1610. The third-order valence-corrected chi connectivity index (χ3v) is 7.76. The normalized spacial score (nSPS) is 18.0. The van der Waals surface area contributed by atoms with Gasteiger partial charge in [0.05, 0.1) is 22.3 Å². The van der Waals surface area contributed by atoms with Crippen LogP contribution in [0.3, 0.4) is 0 Å². The first-order chi connectivity index (χ1) is 17.5. The van der Waals surface area contributed by atoms with Crippen molar-refractivity contribution in [1.82, 2.24) is 14.1 Å². The van der Waals surface area contributed by atoms with Crippen molar-refractivity contribution in [3.8, 4) is 16.9 Å². The van der Waals surface area contributed by atoms with Gasteiger partial charge in [-0.2, -0.15) is 13.2 Å². The van der Waals surface area contributed by atoms with Crippen LogP contribution in [0.25, 0.3) is 21.3 Å². The highest BCUT2D eigenvalue weighted by molar-refractivity contribution is 7.19. The molecule has 11 heteroatoms. The summed E-state index contributed by atoms with van der Waals surface area (Å²) in [5.41, 5.74) is 6.17. The van der Waals surface area contributed by atoms with Gasteiger partial charge in [0.2, 0.25) is 0 Å². The first-order valence-corrected chi connectivity index (χ1v) is 12.6. The van der Waals surface area contributed by atoms with E-state index in [4.69, 9.17) is 10.5 Å². The lowest BCUT2D eigenvalue weighted by atomic mass is 9.98. The average molecular weight is 531 g/mol. The second-order valence-corrected chi connectivity index (χ2v) is 10.5. The van der Waals surface area contributed by atoms with Gasteiger partial charge in [-0.1, -0.05) is 0 Å². The van der Waals surface area contributed by atoms with Gasteiger partial charge in [0.15, 0.2) is 0 Å². The molecule has 7 nitrogen and oxygen atoms in total. The molecule has 0 unspecified atom stereocenters. The van der Waals surface area contributed by atoms with Crippen molar-refractivity contribution >= 4 is 21.6 Å². The molecule has 2 atom stereocenters. The zero-order valence-corrected chi connectivity index (χ0v) is 21.0. The summed E-state index contributed by atoms with van der Waals surface area (Å²) >= 11 is 1.28. The van der Waals surface area contributed by atoms with Crippen LogP contribution in [-0.2, 0) is 19.8 Å². The Kier molecular flexibility index (Phi) is 6.45. The fourth-order valence-corrected chi connectivity index (χ4v) is 5.86. The van der Waals surface area contributed by atoms with Crippen molar-refractivity contribution in [3.05, 3.63) is 79.6 Å². The number of hydrogen-bond acceptors (Lipinski definition) is 6. The molecule has 1 aliphatic rings. The average Bonchev–Trinajstić information content (AvgIpc) is 3.45. The molecule has 1 aromatic carbocycles. The number of halogens is 3. The fraction of sp³-hybridized carbons (Fsp3) is 0.346. The minimum absolute atomic E-state index is 0.00443. The number of ether oxygens (including phenoxy) is 1. The highest BCUT2D eigenvalue weighted by Gasteiger charge is 2.33. The summed E-state index contributed by atoms with van der Waals surface area (Å²) in [6.45, 7) is 1.64. The second-order valence-electron chi connectivity index (χ2n) is 9.40. The molecule has 0 aliphatic heterocycles. The Hall–Kier alpha value is -3.44. The zero-order chi connectivity index (χ0) is 26.5. The Morgan fingerprint density at radius 2 is 1.95 bits per heavy atom. The summed E-state index contributed by atoms with van der Waals surface area (Å²) in [4.78, 5) is 29.9. The van der Waals surface area contributed by atoms with E-state index in [2.05, 4.69) is 4.98 Å². The summed E-state index contributed by atoms with van der Waals surface area (Å²) in [6, 6.07) is 6.94. The number of aromatic nitrogens is 3. The number of alkyl halides is 3. The van der Waals surface area contributed by atoms with Crippen molar-refractivity contribution < 1.29 is 17.9 Å². The first-order valence-electron chi connectivity index (χ1n) is 11.8. The fourth-order valence-electron chi connectivity index (χ4n) is 4.73. The van der Waals surface area contributed by atoms with Crippen LogP contribution in [0.15, 0.2) is 52.3 Å². The number of benzene rings is 1. The van der Waals surface area contributed by atoms with E-state index in [0.29, 0.717) is 44.0 Å². The molecule has 0 amide bonds. The van der Waals surface area contributed by atoms with E-state index < -0.39 is 23.0 Å². The Labute approximate surface area is 213 Å². The molecule has 37 heavy (non-hydrogen) atoms. The highest BCUT2D eigenvalue weighted by Crippen LogP contribution is 2.44. The predicted octanol–water partition coefficient (Wildman–Crippen LogP) is 4.46. The number of thiophene rings is 1. The molecule has 5 rings (SSSR count). The maximum Gasteiger partial charge on any atom is 0.416 e. The maximum absolute atomic E-state index is 13.8. The summed E-state index contributed by atoms with van der Waals surface area (Å²) in [7, 11) is 1.55. The third kappa shape index (κ3) is 4.93. The summed E-state index contributed by atoms with van der Waals surface area (Å²) in [5, 5.41) is 0. The van der Waals surface area contributed by atoms with Gasteiger partial charge in [0.25, 0.3) is 5.56 Å². The van der Waals surface area contributed by atoms with E-state index in [0.717, 1.165) is 29.5 Å². The van der Waals surface area contributed by atoms with Crippen LogP contribution in [0, 0.1) is 6.92 Å². The van der Waals surface area contributed by atoms with Crippen LogP contribution in [0.5, 0.6) is 5.75 Å². The molecule has 0 bridgehead atoms. The van der Waals surface area contributed by atoms with Crippen LogP contribution in [0.4, 0.5) is 13.2 Å². The maximum atomic E-state index is 13.8. The number of aryl methyl sites for hydroxylation is 2. The Balaban J connectivity index is 1.64. The van der Waals surface area contributed by atoms with E-state index in [1.807, 2.05) is 0 Å². The van der Waals surface area contributed by atoms with E-state index >= 15 is 0 Å².